The quantitative estimate of drug-likeness (QED) is 0.827. The molecule has 0 bridgehead atoms. The second-order valence-corrected chi connectivity index (χ2v) is 4.10. The second kappa shape index (κ2) is 5.09. The van der Waals surface area contributed by atoms with E-state index in [1.165, 1.54) is 5.69 Å². The van der Waals surface area contributed by atoms with E-state index in [1.807, 2.05) is 16.2 Å². The molecule has 17 heavy (non-hydrogen) atoms. The van der Waals surface area contributed by atoms with Crippen LogP contribution in [0, 0.1) is 13.8 Å². The van der Waals surface area contributed by atoms with Crippen LogP contribution >= 0.6 is 0 Å². The molecule has 0 aromatic carbocycles. The molecule has 2 heterocycles. The molecule has 0 aliphatic rings. The van der Waals surface area contributed by atoms with Crippen molar-refractivity contribution < 1.29 is 5.11 Å². The van der Waals surface area contributed by atoms with Gasteiger partial charge in [0.2, 0.25) is 0 Å². The lowest BCUT2D eigenvalue weighted by Crippen LogP contribution is -2.08. The number of hydrogen-bond donors (Lipinski definition) is 1. The van der Waals surface area contributed by atoms with Crippen molar-refractivity contribution in [3.63, 3.8) is 0 Å². The Morgan fingerprint density at radius 3 is 2.76 bits per heavy atom. The van der Waals surface area contributed by atoms with Crippen molar-refractivity contribution in [1.29, 1.82) is 0 Å². The van der Waals surface area contributed by atoms with Gasteiger partial charge in [0.1, 0.15) is 12.9 Å². The predicted octanol–water partition coefficient (Wildman–Crippen LogP) is 0.674. The Hall–Kier alpha value is -1.69. The largest absolute Gasteiger partial charge is 0.388 e. The maximum absolute atomic E-state index is 9.03. The summed E-state index contributed by atoms with van der Waals surface area (Å²) < 4.78 is 3.87. The van der Waals surface area contributed by atoms with Gasteiger partial charge in [0.05, 0.1) is 5.69 Å². The SMILES string of the molecule is Cc1cc(C)n(CCCn2cnnc2CO)n1. The van der Waals surface area contributed by atoms with Crippen molar-refractivity contribution >= 4 is 0 Å². The normalized spacial score (nSPS) is 11.0. The lowest BCUT2D eigenvalue weighted by Gasteiger charge is -2.06. The molecule has 2 rings (SSSR count). The molecule has 0 atom stereocenters. The van der Waals surface area contributed by atoms with Crippen LogP contribution in [0.4, 0.5) is 0 Å². The summed E-state index contributed by atoms with van der Waals surface area (Å²) in [6.45, 7) is 5.63. The highest BCUT2D eigenvalue weighted by atomic mass is 16.3. The highest BCUT2D eigenvalue weighted by molar-refractivity contribution is 5.06. The minimum atomic E-state index is -0.0695. The van der Waals surface area contributed by atoms with Crippen molar-refractivity contribution in [2.45, 2.75) is 40.0 Å². The first-order valence-electron chi connectivity index (χ1n) is 5.69. The van der Waals surface area contributed by atoms with E-state index in [9.17, 15) is 0 Å². The Labute approximate surface area is 99.9 Å². The smallest absolute Gasteiger partial charge is 0.158 e. The Morgan fingerprint density at radius 1 is 1.29 bits per heavy atom. The standard InChI is InChI=1S/C11H17N5O/c1-9-6-10(2)16(14-9)5-3-4-15-8-12-13-11(15)7-17/h6,8,17H,3-5,7H2,1-2H3. The Bertz CT molecular complexity index is 488. The maximum atomic E-state index is 9.03. The first-order chi connectivity index (χ1) is 8.20. The van der Waals surface area contributed by atoms with Crippen LogP contribution in [0.1, 0.15) is 23.6 Å². The molecule has 0 fully saturated rings. The third kappa shape index (κ3) is 2.71. The molecule has 92 valence electrons. The van der Waals surface area contributed by atoms with Crippen LogP contribution in [0.15, 0.2) is 12.4 Å². The van der Waals surface area contributed by atoms with E-state index in [0.717, 1.165) is 25.2 Å². The molecule has 0 amide bonds. The van der Waals surface area contributed by atoms with E-state index in [2.05, 4.69) is 28.3 Å². The van der Waals surface area contributed by atoms with Crippen LogP contribution in [0.25, 0.3) is 0 Å². The van der Waals surface area contributed by atoms with Gasteiger partial charge in [-0.25, -0.2) is 0 Å². The zero-order valence-corrected chi connectivity index (χ0v) is 10.2. The third-order valence-corrected chi connectivity index (χ3v) is 2.71. The maximum Gasteiger partial charge on any atom is 0.158 e. The molecule has 2 aromatic rings. The highest BCUT2D eigenvalue weighted by Crippen LogP contribution is 2.04. The molecule has 0 saturated heterocycles. The van der Waals surface area contributed by atoms with Gasteiger partial charge in [0.15, 0.2) is 5.82 Å². The molecule has 2 aromatic heterocycles. The number of aryl methyl sites for hydroxylation is 4. The van der Waals surface area contributed by atoms with Crippen LogP contribution < -0.4 is 0 Å². The second-order valence-electron chi connectivity index (χ2n) is 4.10. The monoisotopic (exact) mass is 235 g/mol. The first-order valence-corrected chi connectivity index (χ1v) is 5.69. The fourth-order valence-corrected chi connectivity index (χ4v) is 1.88. The number of aliphatic hydroxyl groups is 1. The summed E-state index contributed by atoms with van der Waals surface area (Å²) in [5, 5.41) is 21.0. The molecule has 0 saturated carbocycles. The van der Waals surface area contributed by atoms with Crippen LogP contribution in [-0.2, 0) is 19.7 Å². The van der Waals surface area contributed by atoms with Gasteiger partial charge in [0.25, 0.3) is 0 Å². The summed E-state index contributed by atoms with van der Waals surface area (Å²) in [7, 11) is 0. The summed E-state index contributed by atoms with van der Waals surface area (Å²) >= 11 is 0. The van der Waals surface area contributed by atoms with Crippen LogP contribution in [-0.4, -0.2) is 29.7 Å². The molecule has 6 nitrogen and oxygen atoms in total. The van der Waals surface area contributed by atoms with Gasteiger partial charge in [0, 0.05) is 18.8 Å². The highest BCUT2D eigenvalue weighted by Gasteiger charge is 2.03. The molecular weight excluding hydrogens is 218 g/mol. The van der Waals surface area contributed by atoms with Crippen LogP contribution in [0.5, 0.6) is 0 Å². The average molecular weight is 235 g/mol. The lowest BCUT2D eigenvalue weighted by molar-refractivity contribution is 0.263. The molecule has 6 heteroatoms. The van der Waals surface area contributed by atoms with E-state index in [1.54, 1.807) is 6.33 Å². The number of aromatic nitrogens is 5. The van der Waals surface area contributed by atoms with E-state index >= 15 is 0 Å². The van der Waals surface area contributed by atoms with Crippen LogP contribution in [0.2, 0.25) is 0 Å². The van der Waals surface area contributed by atoms with Crippen molar-refractivity contribution in [2.75, 3.05) is 0 Å². The molecule has 0 unspecified atom stereocenters. The molecule has 0 radical (unpaired) electrons. The van der Waals surface area contributed by atoms with Gasteiger partial charge in [-0.05, 0) is 26.3 Å². The van der Waals surface area contributed by atoms with Gasteiger partial charge < -0.3 is 9.67 Å². The Balaban J connectivity index is 1.89. The topological polar surface area (TPSA) is 68.8 Å². The van der Waals surface area contributed by atoms with E-state index in [-0.39, 0.29) is 6.61 Å². The van der Waals surface area contributed by atoms with Gasteiger partial charge in [-0.2, -0.15) is 5.10 Å². The van der Waals surface area contributed by atoms with Gasteiger partial charge in [-0.3, -0.25) is 4.68 Å². The van der Waals surface area contributed by atoms with Crippen molar-refractivity contribution in [2.24, 2.45) is 0 Å². The fraction of sp³-hybridized carbons (Fsp3) is 0.545. The average Bonchev–Trinajstić information content (AvgIpc) is 2.86. The van der Waals surface area contributed by atoms with Gasteiger partial charge in [-0.15, -0.1) is 10.2 Å². The predicted molar refractivity (Wildman–Crippen MR) is 62.3 cm³/mol. The first kappa shape index (κ1) is 11.8. The summed E-state index contributed by atoms with van der Waals surface area (Å²) in [5.41, 5.74) is 2.22. The summed E-state index contributed by atoms with van der Waals surface area (Å²) in [4.78, 5) is 0. The molecule has 0 spiro atoms. The van der Waals surface area contributed by atoms with Gasteiger partial charge >= 0.3 is 0 Å². The van der Waals surface area contributed by atoms with Crippen molar-refractivity contribution in [1.82, 2.24) is 24.5 Å². The van der Waals surface area contributed by atoms with Gasteiger partial charge in [-0.1, -0.05) is 0 Å². The van der Waals surface area contributed by atoms with E-state index < -0.39 is 0 Å². The summed E-state index contributed by atoms with van der Waals surface area (Å²) in [6.07, 6.45) is 2.58. The number of nitrogens with zero attached hydrogens (tertiary/aromatic N) is 5. The molecule has 1 N–H and O–H groups in total. The minimum absolute atomic E-state index is 0.0695. The van der Waals surface area contributed by atoms with Crippen LogP contribution in [0.3, 0.4) is 0 Å². The fourth-order valence-electron chi connectivity index (χ4n) is 1.88. The molecular formula is C11H17N5O. The Kier molecular flexibility index (Phi) is 3.53. The summed E-state index contributed by atoms with van der Waals surface area (Å²) in [5.74, 6) is 0.610. The third-order valence-electron chi connectivity index (χ3n) is 2.71. The minimum Gasteiger partial charge on any atom is -0.388 e. The van der Waals surface area contributed by atoms with Crippen molar-refractivity contribution in [3.8, 4) is 0 Å². The number of rotatable bonds is 5. The number of hydrogen-bond acceptors (Lipinski definition) is 4. The van der Waals surface area contributed by atoms with E-state index in [4.69, 9.17) is 5.11 Å². The molecule has 0 aliphatic heterocycles. The zero-order chi connectivity index (χ0) is 12.3. The number of aliphatic hydroxyl groups excluding tert-OH is 1. The van der Waals surface area contributed by atoms with E-state index in [0.29, 0.717) is 5.82 Å². The zero-order valence-electron chi connectivity index (χ0n) is 10.2. The summed E-state index contributed by atoms with van der Waals surface area (Å²) in [6, 6.07) is 2.07. The lowest BCUT2D eigenvalue weighted by atomic mass is 10.4. The molecule has 0 aliphatic carbocycles. The van der Waals surface area contributed by atoms with Crippen molar-refractivity contribution in [3.05, 3.63) is 29.6 Å². The Morgan fingerprint density at radius 2 is 2.12 bits per heavy atom.